The molecule has 0 saturated carbocycles. The number of nitrogens with zero attached hydrogens (tertiary/aromatic N) is 1. The molecular formula is C20H18BrFN2O5S. The number of furan rings is 1. The molecule has 1 fully saturated rings. The van der Waals surface area contributed by atoms with E-state index in [0.717, 1.165) is 6.26 Å². The van der Waals surface area contributed by atoms with Crippen LogP contribution in [-0.4, -0.2) is 46.9 Å². The Morgan fingerprint density at radius 1 is 1.30 bits per heavy atom. The van der Waals surface area contributed by atoms with Gasteiger partial charge < -0.3 is 14.5 Å². The van der Waals surface area contributed by atoms with Crippen molar-refractivity contribution in [3.8, 4) is 11.3 Å². The summed E-state index contributed by atoms with van der Waals surface area (Å²) in [7, 11) is -2.08. The Labute approximate surface area is 181 Å². The van der Waals surface area contributed by atoms with Crippen LogP contribution in [0.5, 0.6) is 0 Å². The second-order valence-electron chi connectivity index (χ2n) is 6.94. The Morgan fingerprint density at radius 3 is 2.53 bits per heavy atom. The van der Waals surface area contributed by atoms with Gasteiger partial charge in [0, 0.05) is 28.5 Å². The van der Waals surface area contributed by atoms with E-state index in [-0.39, 0.29) is 29.9 Å². The van der Waals surface area contributed by atoms with E-state index in [1.807, 2.05) is 0 Å². The van der Waals surface area contributed by atoms with Crippen molar-refractivity contribution in [2.45, 2.75) is 6.10 Å². The molecule has 158 valence electrons. The van der Waals surface area contributed by atoms with Gasteiger partial charge >= 0.3 is 0 Å². The third-order valence-corrected chi connectivity index (χ3v) is 6.54. The third kappa shape index (κ3) is 3.94. The number of rotatable bonds is 6. The number of ether oxygens (including phenoxy) is 1. The highest BCUT2D eigenvalue weighted by Gasteiger charge is 2.32. The van der Waals surface area contributed by atoms with Crippen molar-refractivity contribution >= 4 is 48.5 Å². The van der Waals surface area contributed by atoms with E-state index in [0.29, 0.717) is 33.3 Å². The highest BCUT2D eigenvalue weighted by Crippen LogP contribution is 2.40. The van der Waals surface area contributed by atoms with E-state index in [1.165, 1.54) is 35.6 Å². The number of hydrogen-bond acceptors (Lipinski definition) is 5. The molecule has 0 radical (unpaired) electrons. The number of nitrogens with one attached hydrogen (secondary N) is 1. The Kier molecular flexibility index (Phi) is 5.33. The Hall–Kier alpha value is -2.43. The number of amides is 1. The van der Waals surface area contributed by atoms with Crippen LogP contribution in [0.25, 0.3) is 22.3 Å². The average Bonchev–Trinajstić information content (AvgIpc) is 3.44. The van der Waals surface area contributed by atoms with Crippen LogP contribution in [0.4, 0.5) is 10.1 Å². The second-order valence-corrected chi connectivity index (χ2v) is 9.70. The molecule has 2 heterocycles. The number of benzene rings is 2. The van der Waals surface area contributed by atoms with Crippen molar-refractivity contribution < 1.29 is 26.8 Å². The molecule has 1 aliphatic rings. The van der Waals surface area contributed by atoms with E-state index < -0.39 is 15.8 Å². The van der Waals surface area contributed by atoms with Gasteiger partial charge in [0.05, 0.1) is 36.8 Å². The molecule has 10 heteroatoms. The number of fused-ring (bicyclic) bond motifs is 1. The van der Waals surface area contributed by atoms with E-state index in [9.17, 15) is 17.6 Å². The normalized spacial score (nSPS) is 15.9. The lowest BCUT2D eigenvalue weighted by atomic mass is 10.0. The molecule has 4 rings (SSSR count). The summed E-state index contributed by atoms with van der Waals surface area (Å²) in [6.07, 6.45) is 0.962. The minimum Gasteiger partial charge on any atom is -0.455 e. The first kappa shape index (κ1) is 20.8. The lowest BCUT2D eigenvalue weighted by molar-refractivity contribution is 0.0964. The second kappa shape index (κ2) is 7.68. The fourth-order valence-electron chi connectivity index (χ4n) is 3.22. The molecule has 7 nitrogen and oxygen atoms in total. The third-order valence-electron chi connectivity index (χ3n) is 4.76. The Bertz CT molecular complexity index is 1240. The van der Waals surface area contributed by atoms with Gasteiger partial charge in [-0.05, 0) is 46.3 Å². The topological polar surface area (TPSA) is 92.2 Å². The van der Waals surface area contributed by atoms with Gasteiger partial charge in [0.1, 0.15) is 17.2 Å². The van der Waals surface area contributed by atoms with Gasteiger partial charge in [-0.3, -0.25) is 9.10 Å². The highest BCUT2D eigenvalue weighted by molar-refractivity contribution is 9.10. The first-order chi connectivity index (χ1) is 14.2. The van der Waals surface area contributed by atoms with E-state index in [1.54, 1.807) is 12.1 Å². The monoisotopic (exact) mass is 496 g/mol. The van der Waals surface area contributed by atoms with Crippen molar-refractivity contribution in [2.24, 2.45) is 0 Å². The van der Waals surface area contributed by atoms with Gasteiger partial charge in [-0.1, -0.05) is 0 Å². The summed E-state index contributed by atoms with van der Waals surface area (Å²) in [5, 5.41) is 3.09. The van der Waals surface area contributed by atoms with Crippen LogP contribution in [0.3, 0.4) is 0 Å². The SMILES string of the molecule is CNC(=O)c1c(-c2ccc(F)cc2)oc2cc(N(CC3CO3)S(C)(=O)=O)c(Br)cc12. The Morgan fingerprint density at radius 2 is 1.97 bits per heavy atom. The van der Waals surface area contributed by atoms with E-state index >= 15 is 0 Å². The number of anilines is 1. The van der Waals surface area contributed by atoms with Gasteiger partial charge in [-0.15, -0.1) is 0 Å². The summed E-state index contributed by atoms with van der Waals surface area (Å²) < 4.78 is 51.0. The van der Waals surface area contributed by atoms with E-state index in [2.05, 4.69) is 21.2 Å². The highest BCUT2D eigenvalue weighted by atomic mass is 79.9. The first-order valence-electron chi connectivity index (χ1n) is 9.02. The number of epoxide rings is 1. The molecular weight excluding hydrogens is 479 g/mol. The van der Waals surface area contributed by atoms with Gasteiger partial charge in [0.25, 0.3) is 5.91 Å². The van der Waals surface area contributed by atoms with Gasteiger partial charge in [-0.2, -0.15) is 0 Å². The minimum absolute atomic E-state index is 0.157. The van der Waals surface area contributed by atoms with Crippen LogP contribution in [0.2, 0.25) is 0 Å². The lowest BCUT2D eigenvalue weighted by Gasteiger charge is -2.22. The molecule has 2 aromatic carbocycles. The molecule has 1 aliphatic heterocycles. The van der Waals surface area contributed by atoms with E-state index in [4.69, 9.17) is 9.15 Å². The molecule has 0 aliphatic carbocycles. The minimum atomic E-state index is -3.58. The van der Waals surface area contributed by atoms with Crippen molar-refractivity contribution in [3.63, 3.8) is 0 Å². The standard InChI is InChI=1S/C20H18BrFN2O5S/c1-23-20(25)18-14-7-15(21)16(24(30(2,26)27)9-13-10-28-13)8-17(14)29-19(18)11-3-5-12(22)6-4-11/h3-8,13H,9-10H2,1-2H3,(H,23,25). The summed E-state index contributed by atoms with van der Waals surface area (Å²) in [6, 6.07) is 8.81. The van der Waals surface area contributed by atoms with Crippen molar-refractivity contribution in [1.29, 1.82) is 0 Å². The number of carbonyl (C=O) groups excluding carboxylic acids is 1. The zero-order chi connectivity index (χ0) is 21.6. The predicted octanol–water partition coefficient (Wildman–Crippen LogP) is 3.53. The fourth-order valence-corrected chi connectivity index (χ4v) is 4.84. The molecule has 1 N–H and O–H groups in total. The van der Waals surface area contributed by atoms with Crippen LogP contribution in [0.1, 0.15) is 10.4 Å². The van der Waals surface area contributed by atoms with Crippen molar-refractivity contribution in [3.05, 3.63) is 52.3 Å². The maximum absolute atomic E-state index is 13.4. The number of hydrogen-bond donors (Lipinski definition) is 1. The largest absolute Gasteiger partial charge is 0.455 e. The molecule has 1 amide bonds. The number of carbonyl (C=O) groups is 1. The summed E-state index contributed by atoms with van der Waals surface area (Å²) >= 11 is 3.43. The zero-order valence-electron chi connectivity index (χ0n) is 16.1. The van der Waals surface area contributed by atoms with Crippen LogP contribution >= 0.6 is 15.9 Å². The predicted molar refractivity (Wildman–Crippen MR) is 115 cm³/mol. The smallest absolute Gasteiger partial charge is 0.255 e. The molecule has 1 saturated heterocycles. The molecule has 1 aromatic heterocycles. The van der Waals surface area contributed by atoms with Crippen LogP contribution < -0.4 is 9.62 Å². The summed E-state index contributed by atoms with van der Waals surface area (Å²) in [6.45, 7) is 0.680. The van der Waals surface area contributed by atoms with Crippen LogP contribution in [-0.2, 0) is 14.8 Å². The quantitative estimate of drug-likeness (QED) is 0.527. The summed E-state index contributed by atoms with van der Waals surface area (Å²) in [5.41, 5.74) is 1.51. The van der Waals surface area contributed by atoms with Gasteiger partial charge in [0.15, 0.2) is 0 Å². The molecule has 1 atom stereocenters. The van der Waals surface area contributed by atoms with Crippen molar-refractivity contribution in [1.82, 2.24) is 5.32 Å². The molecule has 3 aromatic rings. The lowest BCUT2D eigenvalue weighted by Crippen LogP contribution is -2.33. The fraction of sp³-hybridized carbons (Fsp3) is 0.250. The molecule has 30 heavy (non-hydrogen) atoms. The molecule has 0 bridgehead atoms. The van der Waals surface area contributed by atoms with Crippen LogP contribution in [0, 0.1) is 5.82 Å². The Balaban J connectivity index is 1.92. The first-order valence-corrected chi connectivity index (χ1v) is 11.7. The maximum atomic E-state index is 13.4. The summed E-state index contributed by atoms with van der Waals surface area (Å²) in [4.78, 5) is 12.6. The number of halogens is 2. The van der Waals surface area contributed by atoms with Crippen molar-refractivity contribution in [2.75, 3.05) is 30.8 Å². The zero-order valence-corrected chi connectivity index (χ0v) is 18.5. The van der Waals surface area contributed by atoms with Gasteiger partial charge in [-0.25, -0.2) is 12.8 Å². The van der Waals surface area contributed by atoms with Gasteiger partial charge in [0.2, 0.25) is 10.0 Å². The molecule has 0 spiro atoms. The maximum Gasteiger partial charge on any atom is 0.255 e. The summed E-state index contributed by atoms with van der Waals surface area (Å²) in [5.74, 6) is -0.517. The van der Waals surface area contributed by atoms with Crippen LogP contribution in [0.15, 0.2) is 45.3 Å². The molecule has 1 unspecified atom stereocenters. The average molecular weight is 497 g/mol. The number of sulfonamides is 1.